The summed E-state index contributed by atoms with van der Waals surface area (Å²) in [6, 6.07) is 23.4. The summed E-state index contributed by atoms with van der Waals surface area (Å²) in [6.07, 6.45) is 0.903. The van der Waals surface area contributed by atoms with Gasteiger partial charge in [0.25, 0.3) is 10.0 Å². The molecule has 0 unspecified atom stereocenters. The number of amides is 2. The van der Waals surface area contributed by atoms with Gasteiger partial charge in [-0.1, -0.05) is 55.5 Å². The van der Waals surface area contributed by atoms with Crippen molar-refractivity contribution >= 4 is 27.5 Å². The van der Waals surface area contributed by atoms with E-state index < -0.39 is 28.5 Å². The van der Waals surface area contributed by atoms with E-state index in [-0.39, 0.29) is 23.4 Å². The van der Waals surface area contributed by atoms with E-state index in [2.05, 4.69) is 5.32 Å². The molecule has 0 radical (unpaired) electrons. The number of hydrogen-bond donors (Lipinski definition) is 1. The first kappa shape index (κ1) is 30.7. The largest absolute Gasteiger partial charge is 0.494 e. The van der Waals surface area contributed by atoms with E-state index in [1.807, 2.05) is 58.0 Å². The number of nitrogens with zero attached hydrogens (tertiary/aromatic N) is 2. The van der Waals surface area contributed by atoms with Crippen molar-refractivity contribution in [2.24, 2.45) is 0 Å². The molecule has 3 rings (SSSR count). The minimum absolute atomic E-state index is 0.0668. The lowest BCUT2D eigenvalue weighted by molar-refractivity contribution is -0.139. The standard InChI is InChI=1S/C31H39N3O5S/c1-5-29(31(36)32-24(3)4)33(22-21-25-13-9-7-10-14-25)30(35)23-34(26-17-19-27(20-18-26)39-6-2)40(37,38)28-15-11-8-12-16-28/h7-20,24,29H,5-6,21-23H2,1-4H3,(H,32,36)/t29-/m0/s1. The SMILES string of the molecule is CCOc1ccc(N(CC(=O)N(CCc2ccccc2)[C@@H](CC)C(=O)NC(C)C)S(=O)(=O)c2ccccc2)cc1. The van der Waals surface area contributed by atoms with Crippen molar-refractivity contribution in [1.29, 1.82) is 0 Å². The minimum Gasteiger partial charge on any atom is -0.494 e. The lowest BCUT2D eigenvalue weighted by Crippen LogP contribution is -2.54. The summed E-state index contributed by atoms with van der Waals surface area (Å²) in [5.74, 6) is -0.136. The zero-order valence-electron chi connectivity index (χ0n) is 23.6. The van der Waals surface area contributed by atoms with Crippen molar-refractivity contribution in [3.05, 3.63) is 90.5 Å². The Kier molecular flexibility index (Phi) is 11.1. The maximum absolute atomic E-state index is 14.0. The molecule has 1 atom stereocenters. The van der Waals surface area contributed by atoms with E-state index >= 15 is 0 Å². The van der Waals surface area contributed by atoms with Gasteiger partial charge < -0.3 is 15.0 Å². The molecule has 3 aromatic carbocycles. The van der Waals surface area contributed by atoms with Crippen LogP contribution >= 0.6 is 0 Å². The predicted octanol–water partition coefficient (Wildman–Crippen LogP) is 4.66. The number of nitrogens with one attached hydrogen (secondary N) is 1. The first-order valence-electron chi connectivity index (χ1n) is 13.6. The van der Waals surface area contributed by atoms with Crippen molar-refractivity contribution in [3.8, 4) is 5.75 Å². The lowest BCUT2D eigenvalue weighted by atomic mass is 10.1. The van der Waals surface area contributed by atoms with Crippen molar-refractivity contribution in [2.45, 2.75) is 57.5 Å². The molecule has 9 heteroatoms. The zero-order chi connectivity index (χ0) is 29.1. The van der Waals surface area contributed by atoms with Crippen LogP contribution < -0.4 is 14.4 Å². The first-order chi connectivity index (χ1) is 19.2. The van der Waals surface area contributed by atoms with E-state index in [0.717, 1.165) is 9.87 Å². The maximum atomic E-state index is 14.0. The number of anilines is 1. The second kappa shape index (κ2) is 14.5. The molecule has 40 heavy (non-hydrogen) atoms. The normalized spacial score (nSPS) is 12.0. The molecule has 1 N–H and O–H groups in total. The average Bonchev–Trinajstić information content (AvgIpc) is 2.95. The van der Waals surface area contributed by atoms with Crippen LogP contribution in [0.1, 0.15) is 39.7 Å². The average molecular weight is 566 g/mol. The number of rotatable bonds is 14. The molecular formula is C31H39N3O5S. The van der Waals surface area contributed by atoms with Crippen LogP contribution in [-0.4, -0.2) is 56.9 Å². The van der Waals surface area contributed by atoms with Crippen LogP contribution in [0.15, 0.2) is 89.8 Å². The molecule has 0 saturated heterocycles. The Bertz CT molecular complexity index is 1330. The second-order valence-corrected chi connectivity index (χ2v) is 11.5. The third-order valence-corrected chi connectivity index (χ3v) is 8.13. The molecule has 0 saturated carbocycles. The highest BCUT2D eigenvalue weighted by Crippen LogP contribution is 2.26. The Morgan fingerprint density at radius 3 is 2.02 bits per heavy atom. The quantitative estimate of drug-likeness (QED) is 0.307. The molecule has 214 valence electrons. The summed E-state index contributed by atoms with van der Waals surface area (Å²) >= 11 is 0. The monoisotopic (exact) mass is 565 g/mol. The van der Waals surface area contributed by atoms with Gasteiger partial charge in [-0.2, -0.15) is 0 Å². The molecule has 0 aliphatic rings. The van der Waals surface area contributed by atoms with Crippen molar-refractivity contribution in [1.82, 2.24) is 10.2 Å². The predicted molar refractivity (Wildman–Crippen MR) is 158 cm³/mol. The third-order valence-electron chi connectivity index (χ3n) is 6.35. The number of benzene rings is 3. The van der Waals surface area contributed by atoms with E-state index in [1.165, 1.54) is 17.0 Å². The van der Waals surface area contributed by atoms with Gasteiger partial charge in [0.15, 0.2) is 0 Å². The third kappa shape index (κ3) is 8.08. The van der Waals surface area contributed by atoms with Gasteiger partial charge in [-0.15, -0.1) is 0 Å². The number of carbonyl (C=O) groups excluding carboxylic acids is 2. The summed E-state index contributed by atoms with van der Waals surface area (Å²) < 4.78 is 34.3. The summed E-state index contributed by atoms with van der Waals surface area (Å²) in [6.45, 7) is 7.69. The van der Waals surface area contributed by atoms with Crippen LogP contribution in [0.3, 0.4) is 0 Å². The van der Waals surface area contributed by atoms with Crippen LogP contribution in [0.4, 0.5) is 5.69 Å². The van der Waals surface area contributed by atoms with Gasteiger partial charge in [-0.3, -0.25) is 13.9 Å². The molecule has 0 aromatic heterocycles. The van der Waals surface area contributed by atoms with Gasteiger partial charge >= 0.3 is 0 Å². The number of carbonyl (C=O) groups is 2. The summed E-state index contributed by atoms with van der Waals surface area (Å²) in [7, 11) is -4.10. The van der Waals surface area contributed by atoms with Crippen LogP contribution in [-0.2, 0) is 26.0 Å². The minimum atomic E-state index is -4.10. The Morgan fingerprint density at radius 1 is 0.875 bits per heavy atom. The summed E-state index contributed by atoms with van der Waals surface area (Å²) in [4.78, 5) is 28.7. The smallest absolute Gasteiger partial charge is 0.264 e. The highest BCUT2D eigenvalue weighted by atomic mass is 32.2. The maximum Gasteiger partial charge on any atom is 0.264 e. The molecule has 0 bridgehead atoms. The fourth-order valence-corrected chi connectivity index (χ4v) is 5.84. The van der Waals surface area contributed by atoms with E-state index in [4.69, 9.17) is 4.74 Å². The molecule has 0 aliphatic carbocycles. The Hall–Kier alpha value is -3.85. The molecular weight excluding hydrogens is 526 g/mol. The molecule has 3 aromatic rings. The highest BCUT2D eigenvalue weighted by Gasteiger charge is 2.33. The molecule has 0 aliphatic heterocycles. The first-order valence-corrected chi connectivity index (χ1v) is 15.1. The van der Waals surface area contributed by atoms with Gasteiger partial charge in [0, 0.05) is 12.6 Å². The van der Waals surface area contributed by atoms with Crippen LogP contribution in [0, 0.1) is 0 Å². The number of hydrogen-bond acceptors (Lipinski definition) is 5. The number of sulfonamides is 1. The van der Waals surface area contributed by atoms with Crippen molar-refractivity contribution in [2.75, 3.05) is 24.0 Å². The van der Waals surface area contributed by atoms with Crippen molar-refractivity contribution < 1.29 is 22.7 Å². The topological polar surface area (TPSA) is 96.0 Å². The van der Waals surface area contributed by atoms with Crippen LogP contribution in [0.25, 0.3) is 0 Å². The zero-order valence-corrected chi connectivity index (χ0v) is 24.4. The van der Waals surface area contributed by atoms with Gasteiger partial charge in [-0.25, -0.2) is 8.42 Å². The van der Waals surface area contributed by atoms with Gasteiger partial charge in [0.2, 0.25) is 11.8 Å². The second-order valence-electron chi connectivity index (χ2n) is 9.66. The molecule has 8 nitrogen and oxygen atoms in total. The summed E-state index contributed by atoms with van der Waals surface area (Å²) in [5, 5.41) is 2.91. The van der Waals surface area contributed by atoms with Gasteiger partial charge in [0.1, 0.15) is 18.3 Å². The van der Waals surface area contributed by atoms with Gasteiger partial charge in [0.05, 0.1) is 17.2 Å². The lowest BCUT2D eigenvalue weighted by Gasteiger charge is -2.33. The Labute approximate surface area is 238 Å². The highest BCUT2D eigenvalue weighted by molar-refractivity contribution is 7.92. The number of ether oxygens (including phenoxy) is 1. The Balaban J connectivity index is 2.00. The van der Waals surface area contributed by atoms with Gasteiger partial charge in [-0.05, 0) is 75.6 Å². The molecule has 0 fully saturated rings. The fraction of sp³-hybridized carbons (Fsp3) is 0.355. The van der Waals surface area contributed by atoms with Crippen LogP contribution in [0.2, 0.25) is 0 Å². The molecule has 0 spiro atoms. The summed E-state index contributed by atoms with van der Waals surface area (Å²) in [5.41, 5.74) is 1.34. The van der Waals surface area contributed by atoms with E-state index in [9.17, 15) is 18.0 Å². The fourth-order valence-electron chi connectivity index (χ4n) is 4.40. The van der Waals surface area contributed by atoms with E-state index in [1.54, 1.807) is 42.5 Å². The molecule has 2 amide bonds. The Morgan fingerprint density at radius 2 is 1.48 bits per heavy atom. The van der Waals surface area contributed by atoms with E-state index in [0.29, 0.717) is 30.9 Å². The van der Waals surface area contributed by atoms with Crippen LogP contribution in [0.5, 0.6) is 5.75 Å². The van der Waals surface area contributed by atoms with Crippen molar-refractivity contribution in [3.63, 3.8) is 0 Å². The molecule has 0 heterocycles.